The van der Waals surface area contributed by atoms with Gasteiger partial charge in [-0.1, -0.05) is 0 Å². The maximum Gasteiger partial charge on any atom is 0.253 e. The van der Waals surface area contributed by atoms with E-state index >= 15 is 0 Å². The number of carbonyl (C=O) groups excluding carboxylic acids is 2. The fourth-order valence-corrected chi connectivity index (χ4v) is 4.17. The summed E-state index contributed by atoms with van der Waals surface area (Å²) in [7, 11) is 1.56. The summed E-state index contributed by atoms with van der Waals surface area (Å²) in [5.41, 5.74) is 1.14. The molecule has 2 fully saturated rings. The number of benzene rings is 1. The molecule has 2 amide bonds. The van der Waals surface area contributed by atoms with Crippen LogP contribution in [-0.4, -0.2) is 61.0 Å². The fraction of sp³-hybridized carbons (Fsp3) is 0.556. The van der Waals surface area contributed by atoms with E-state index in [0.717, 1.165) is 44.0 Å². The van der Waals surface area contributed by atoms with E-state index in [1.165, 1.54) is 0 Å². The minimum atomic E-state index is -0.0657. The van der Waals surface area contributed by atoms with Gasteiger partial charge < -0.3 is 20.3 Å². The molecule has 2 aliphatic heterocycles. The first-order chi connectivity index (χ1) is 12.2. The van der Waals surface area contributed by atoms with Gasteiger partial charge in [-0.15, -0.1) is 0 Å². The lowest BCUT2D eigenvalue weighted by Gasteiger charge is -2.23. The highest BCUT2D eigenvalue weighted by Gasteiger charge is 2.22. The zero-order chi connectivity index (χ0) is 17.6. The molecule has 1 aromatic carbocycles. The Morgan fingerprint density at radius 1 is 1.36 bits per heavy atom. The maximum absolute atomic E-state index is 12.6. The van der Waals surface area contributed by atoms with Gasteiger partial charge in [0.15, 0.2) is 0 Å². The molecule has 3 rings (SSSR count). The summed E-state index contributed by atoms with van der Waals surface area (Å²) < 4.78 is 5.34. The van der Waals surface area contributed by atoms with Crippen LogP contribution in [0.2, 0.25) is 0 Å². The quantitative estimate of drug-likeness (QED) is 0.837. The molecule has 0 saturated carbocycles. The minimum Gasteiger partial charge on any atom is -0.495 e. The molecule has 7 heteroatoms. The van der Waals surface area contributed by atoms with Crippen molar-refractivity contribution in [1.29, 1.82) is 0 Å². The molecule has 0 aromatic heterocycles. The summed E-state index contributed by atoms with van der Waals surface area (Å²) in [5, 5.41) is 6.27. The number of hydrogen-bond donors (Lipinski definition) is 2. The summed E-state index contributed by atoms with van der Waals surface area (Å²) in [4.78, 5) is 26.8. The number of carbonyl (C=O) groups is 2. The van der Waals surface area contributed by atoms with Gasteiger partial charge in [0.25, 0.3) is 5.91 Å². The van der Waals surface area contributed by atoms with Crippen molar-refractivity contribution in [2.24, 2.45) is 0 Å². The molecule has 2 saturated heterocycles. The maximum atomic E-state index is 12.6. The topological polar surface area (TPSA) is 70.7 Å². The van der Waals surface area contributed by atoms with E-state index < -0.39 is 0 Å². The van der Waals surface area contributed by atoms with E-state index in [9.17, 15) is 9.59 Å². The second kappa shape index (κ2) is 8.58. The normalized spacial score (nSPS) is 20.4. The Hall–Kier alpha value is -1.73. The molecule has 2 N–H and O–H groups in total. The summed E-state index contributed by atoms with van der Waals surface area (Å²) in [5.74, 6) is 2.55. The molecule has 6 nitrogen and oxygen atoms in total. The molecule has 0 radical (unpaired) electrons. The number of ether oxygens (including phenoxy) is 1. The zero-order valence-electron chi connectivity index (χ0n) is 14.5. The Bertz CT molecular complexity index is 626. The van der Waals surface area contributed by atoms with E-state index in [1.54, 1.807) is 25.3 Å². The number of anilines is 1. The van der Waals surface area contributed by atoms with Gasteiger partial charge in [-0.3, -0.25) is 9.59 Å². The van der Waals surface area contributed by atoms with Crippen LogP contribution in [0.1, 0.15) is 29.6 Å². The van der Waals surface area contributed by atoms with Crippen LogP contribution in [-0.2, 0) is 4.79 Å². The van der Waals surface area contributed by atoms with Crippen LogP contribution < -0.4 is 15.4 Å². The van der Waals surface area contributed by atoms with E-state index in [4.69, 9.17) is 4.74 Å². The van der Waals surface area contributed by atoms with Crippen molar-refractivity contribution in [2.75, 3.05) is 43.6 Å². The Morgan fingerprint density at radius 2 is 2.16 bits per heavy atom. The van der Waals surface area contributed by atoms with Crippen molar-refractivity contribution in [3.63, 3.8) is 0 Å². The molecule has 0 spiro atoms. The van der Waals surface area contributed by atoms with Crippen molar-refractivity contribution >= 4 is 29.3 Å². The zero-order valence-corrected chi connectivity index (χ0v) is 15.4. The van der Waals surface area contributed by atoms with Gasteiger partial charge in [-0.05, 0) is 31.0 Å². The molecule has 25 heavy (non-hydrogen) atoms. The number of nitrogens with zero attached hydrogens (tertiary/aromatic N) is 1. The summed E-state index contributed by atoms with van der Waals surface area (Å²) in [6, 6.07) is 5.42. The average molecular weight is 363 g/mol. The minimum absolute atomic E-state index is 0.0148. The number of likely N-dealkylation sites (tertiary alicyclic amines) is 1. The fourth-order valence-electron chi connectivity index (χ4n) is 3.22. The number of methoxy groups -OCH3 is 1. The highest BCUT2D eigenvalue weighted by atomic mass is 32.2. The second-order valence-corrected chi connectivity index (χ2v) is 7.54. The van der Waals surface area contributed by atoms with Crippen LogP contribution in [0.5, 0.6) is 5.75 Å². The van der Waals surface area contributed by atoms with Gasteiger partial charge in [0, 0.05) is 49.2 Å². The summed E-state index contributed by atoms with van der Waals surface area (Å²) >= 11 is 1.86. The first-order valence-corrected chi connectivity index (χ1v) is 9.91. The lowest BCUT2D eigenvalue weighted by molar-refractivity contribution is -0.116. The molecule has 1 aromatic rings. The van der Waals surface area contributed by atoms with E-state index in [0.29, 0.717) is 23.4 Å². The van der Waals surface area contributed by atoms with Crippen LogP contribution in [0.4, 0.5) is 5.69 Å². The van der Waals surface area contributed by atoms with Gasteiger partial charge >= 0.3 is 0 Å². The van der Waals surface area contributed by atoms with Crippen molar-refractivity contribution in [2.45, 2.75) is 25.3 Å². The number of hydrogen-bond acceptors (Lipinski definition) is 5. The number of nitrogens with one attached hydrogen (secondary N) is 2. The molecule has 0 bridgehead atoms. The number of rotatable bonds is 5. The van der Waals surface area contributed by atoms with Gasteiger partial charge in [0.1, 0.15) is 5.75 Å². The van der Waals surface area contributed by atoms with Gasteiger partial charge in [0.2, 0.25) is 5.91 Å². The van der Waals surface area contributed by atoms with E-state index in [1.807, 2.05) is 16.7 Å². The van der Waals surface area contributed by atoms with Crippen LogP contribution >= 0.6 is 11.8 Å². The van der Waals surface area contributed by atoms with Crippen LogP contribution in [0.25, 0.3) is 0 Å². The Kier molecular flexibility index (Phi) is 6.20. The predicted molar refractivity (Wildman–Crippen MR) is 100 cm³/mol. The van der Waals surface area contributed by atoms with Crippen molar-refractivity contribution < 1.29 is 14.3 Å². The number of thioether (sulfide) groups is 1. The Balaban J connectivity index is 1.68. The van der Waals surface area contributed by atoms with Gasteiger partial charge in [-0.25, -0.2) is 0 Å². The van der Waals surface area contributed by atoms with Crippen molar-refractivity contribution in [3.05, 3.63) is 23.8 Å². The highest BCUT2D eigenvalue weighted by Crippen LogP contribution is 2.27. The average Bonchev–Trinajstić information content (AvgIpc) is 3.16. The van der Waals surface area contributed by atoms with Crippen LogP contribution in [0.15, 0.2) is 18.2 Å². The lowest BCUT2D eigenvalue weighted by Crippen LogP contribution is -2.39. The highest BCUT2D eigenvalue weighted by molar-refractivity contribution is 7.99. The molecule has 2 aliphatic rings. The Labute approximate surface area is 152 Å². The number of amides is 2. The first-order valence-electron chi connectivity index (χ1n) is 8.75. The van der Waals surface area contributed by atoms with Crippen molar-refractivity contribution in [3.8, 4) is 5.75 Å². The van der Waals surface area contributed by atoms with Gasteiger partial charge in [0.05, 0.1) is 12.8 Å². The van der Waals surface area contributed by atoms with Crippen LogP contribution in [0, 0.1) is 0 Å². The van der Waals surface area contributed by atoms with E-state index in [-0.39, 0.29) is 17.9 Å². The molecule has 2 heterocycles. The molecule has 136 valence electrons. The standard InChI is InChI=1S/C18H25N3O3S/c1-24-16-5-4-13(18(23)21-7-2-3-8-21)10-15(16)20-17(22)11-14-12-25-9-6-19-14/h4-5,10,14,19H,2-3,6-9,11-12H2,1H3,(H,20,22). The molecule has 1 unspecified atom stereocenters. The Morgan fingerprint density at radius 3 is 2.84 bits per heavy atom. The monoisotopic (exact) mass is 363 g/mol. The SMILES string of the molecule is COc1ccc(C(=O)N2CCCC2)cc1NC(=O)CC1CSCCN1. The van der Waals surface area contributed by atoms with Crippen LogP contribution in [0.3, 0.4) is 0 Å². The third-order valence-electron chi connectivity index (χ3n) is 4.54. The van der Waals surface area contributed by atoms with E-state index in [2.05, 4.69) is 10.6 Å². The first kappa shape index (κ1) is 18.1. The largest absolute Gasteiger partial charge is 0.495 e. The van der Waals surface area contributed by atoms with Crippen molar-refractivity contribution in [1.82, 2.24) is 10.2 Å². The smallest absolute Gasteiger partial charge is 0.253 e. The molecule has 1 atom stereocenters. The summed E-state index contributed by atoms with van der Waals surface area (Å²) in [6.07, 6.45) is 2.52. The summed E-state index contributed by atoms with van der Waals surface area (Å²) in [6.45, 7) is 2.54. The third kappa shape index (κ3) is 4.67. The molecule has 0 aliphatic carbocycles. The molecular weight excluding hydrogens is 338 g/mol. The lowest BCUT2D eigenvalue weighted by atomic mass is 10.1. The molecular formula is C18H25N3O3S. The third-order valence-corrected chi connectivity index (χ3v) is 5.67. The predicted octanol–water partition coefficient (Wildman–Crippen LogP) is 1.96. The second-order valence-electron chi connectivity index (χ2n) is 6.39. The van der Waals surface area contributed by atoms with Gasteiger partial charge in [-0.2, -0.15) is 11.8 Å².